The predicted octanol–water partition coefficient (Wildman–Crippen LogP) is 1.71. The topological polar surface area (TPSA) is 72.5 Å². The highest BCUT2D eigenvalue weighted by Crippen LogP contribution is 2.28. The molecule has 19 heavy (non-hydrogen) atoms. The molecule has 1 aliphatic rings. The maximum atomic E-state index is 11.4. The first-order chi connectivity index (χ1) is 9.04. The molecular formula is C15H17NO3. The molecule has 0 heterocycles. The molecule has 1 aromatic carbocycles. The summed E-state index contributed by atoms with van der Waals surface area (Å²) in [5.74, 6) is 5.33. The summed E-state index contributed by atoms with van der Waals surface area (Å²) in [7, 11) is 1.32. The van der Waals surface area contributed by atoms with Crippen LogP contribution in [0.25, 0.3) is 0 Å². The Labute approximate surface area is 112 Å². The average molecular weight is 259 g/mol. The Kier molecular flexibility index (Phi) is 3.77. The molecule has 1 fully saturated rings. The largest absolute Gasteiger partial charge is 0.465 e. The monoisotopic (exact) mass is 259 g/mol. The first kappa shape index (κ1) is 13.4. The van der Waals surface area contributed by atoms with Gasteiger partial charge in [-0.15, -0.1) is 0 Å². The lowest BCUT2D eigenvalue weighted by Gasteiger charge is -2.13. The van der Waals surface area contributed by atoms with Crippen molar-refractivity contribution in [3.8, 4) is 11.8 Å². The third kappa shape index (κ3) is 3.07. The standard InChI is InChI=1S/C15H17NO3/c1-19-14(17)12-4-5-13(16)11(10-12)6-9-15(18)7-2-3-8-15/h4-5,10,18H,2-3,7-8,16H2,1H3. The fraction of sp³-hybridized carbons (Fsp3) is 0.400. The maximum absolute atomic E-state index is 11.4. The van der Waals surface area contributed by atoms with E-state index in [1.54, 1.807) is 18.2 Å². The van der Waals surface area contributed by atoms with Crippen LogP contribution in [0.3, 0.4) is 0 Å². The second-order valence-electron chi connectivity index (χ2n) is 4.78. The van der Waals surface area contributed by atoms with Gasteiger partial charge in [-0.2, -0.15) is 0 Å². The number of anilines is 1. The third-order valence-corrected chi connectivity index (χ3v) is 3.33. The molecule has 0 spiro atoms. The molecule has 1 aromatic rings. The van der Waals surface area contributed by atoms with Crippen molar-refractivity contribution >= 4 is 11.7 Å². The number of nitrogen functional groups attached to an aromatic ring is 1. The Hall–Kier alpha value is -1.99. The number of rotatable bonds is 1. The van der Waals surface area contributed by atoms with Crippen molar-refractivity contribution in [3.63, 3.8) is 0 Å². The van der Waals surface area contributed by atoms with E-state index in [0.717, 1.165) is 12.8 Å². The van der Waals surface area contributed by atoms with E-state index in [9.17, 15) is 9.90 Å². The molecule has 0 radical (unpaired) electrons. The van der Waals surface area contributed by atoms with Crippen LogP contribution in [0, 0.1) is 11.8 Å². The zero-order chi connectivity index (χ0) is 13.9. The molecule has 100 valence electrons. The van der Waals surface area contributed by atoms with Crippen LogP contribution in [-0.4, -0.2) is 23.8 Å². The Morgan fingerprint density at radius 1 is 1.42 bits per heavy atom. The van der Waals surface area contributed by atoms with E-state index in [0.29, 0.717) is 29.7 Å². The number of carbonyl (C=O) groups excluding carboxylic acids is 1. The molecule has 4 nitrogen and oxygen atoms in total. The van der Waals surface area contributed by atoms with Gasteiger partial charge in [-0.1, -0.05) is 11.8 Å². The number of nitrogens with two attached hydrogens (primary N) is 1. The lowest BCUT2D eigenvalue weighted by atomic mass is 10.0. The summed E-state index contributed by atoms with van der Waals surface area (Å²) in [6.45, 7) is 0. The van der Waals surface area contributed by atoms with Crippen molar-refractivity contribution < 1.29 is 14.6 Å². The van der Waals surface area contributed by atoms with Gasteiger partial charge in [-0.25, -0.2) is 4.79 Å². The fourth-order valence-corrected chi connectivity index (χ4v) is 2.18. The van der Waals surface area contributed by atoms with Crippen LogP contribution in [-0.2, 0) is 4.74 Å². The second kappa shape index (κ2) is 5.33. The Bertz CT molecular complexity index is 548. The summed E-state index contributed by atoms with van der Waals surface area (Å²) in [5.41, 5.74) is 6.35. The van der Waals surface area contributed by atoms with Crippen molar-refractivity contribution in [1.82, 2.24) is 0 Å². The minimum atomic E-state index is -0.909. The molecule has 0 unspecified atom stereocenters. The van der Waals surface area contributed by atoms with Gasteiger partial charge in [0.05, 0.1) is 12.7 Å². The van der Waals surface area contributed by atoms with Crippen LogP contribution < -0.4 is 5.73 Å². The molecule has 2 rings (SSSR count). The van der Waals surface area contributed by atoms with Crippen LogP contribution >= 0.6 is 0 Å². The molecule has 4 heteroatoms. The SMILES string of the molecule is COC(=O)c1ccc(N)c(C#CC2(O)CCCC2)c1. The molecule has 0 atom stereocenters. The number of carbonyl (C=O) groups is 1. The van der Waals surface area contributed by atoms with Crippen LogP contribution in [0.1, 0.15) is 41.6 Å². The Morgan fingerprint density at radius 3 is 2.74 bits per heavy atom. The van der Waals surface area contributed by atoms with Crippen molar-refractivity contribution in [2.45, 2.75) is 31.3 Å². The summed E-state index contributed by atoms with van der Waals surface area (Å²) < 4.78 is 4.65. The highest BCUT2D eigenvalue weighted by molar-refractivity contribution is 5.90. The fourth-order valence-electron chi connectivity index (χ4n) is 2.18. The summed E-state index contributed by atoms with van der Waals surface area (Å²) in [6.07, 6.45) is 3.36. The highest BCUT2D eigenvalue weighted by Gasteiger charge is 2.28. The van der Waals surface area contributed by atoms with Crippen LogP contribution in [0.15, 0.2) is 18.2 Å². The number of ether oxygens (including phenoxy) is 1. The Morgan fingerprint density at radius 2 is 2.11 bits per heavy atom. The molecule has 1 aliphatic carbocycles. The molecule has 0 aromatic heterocycles. The number of benzene rings is 1. The molecule has 0 saturated heterocycles. The Balaban J connectivity index is 2.29. The number of hydrogen-bond acceptors (Lipinski definition) is 4. The van der Waals surface area contributed by atoms with Gasteiger partial charge in [0.25, 0.3) is 0 Å². The summed E-state index contributed by atoms with van der Waals surface area (Å²) in [6, 6.07) is 4.80. The van der Waals surface area contributed by atoms with E-state index >= 15 is 0 Å². The van der Waals surface area contributed by atoms with Gasteiger partial charge in [0, 0.05) is 11.3 Å². The van der Waals surface area contributed by atoms with E-state index in [-0.39, 0.29) is 0 Å². The quantitative estimate of drug-likeness (QED) is 0.457. The lowest BCUT2D eigenvalue weighted by Crippen LogP contribution is -2.20. The maximum Gasteiger partial charge on any atom is 0.337 e. The van der Waals surface area contributed by atoms with Crippen molar-refractivity contribution in [3.05, 3.63) is 29.3 Å². The van der Waals surface area contributed by atoms with Gasteiger partial charge in [-0.05, 0) is 43.9 Å². The van der Waals surface area contributed by atoms with Crippen LogP contribution in [0.2, 0.25) is 0 Å². The van der Waals surface area contributed by atoms with Crippen LogP contribution in [0.4, 0.5) is 5.69 Å². The van der Waals surface area contributed by atoms with E-state index < -0.39 is 11.6 Å². The minimum Gasteiger partial charge on any atom is -0.465 e. The molecule has 0 bridgehead atoms. The molecule has 1 saturated carbocycles. The normalized spacial score (nSPS) is 16.5. The smallest absolute Gasteiger partial charge is 0.337 e. The predicted molar refractivity (Wildman–Crippen MR) is 72.5 cm³/mol. The van der Waals surface area contributed by atoms with Crippen molar-refractivity contribution in [2.75, 3.05) is 12.8 Å². The van der Waals surface area contributed by atoms with Crippen molar-refractivity contribution in [2.24, 2.45) is 0 Å². The number of hydrogen-bond donors (Lipinski definition) is 2. The van der Waals surface area contributed by atoms with E-state index in [4.69, 9.17) is 5.73 Å². The first-order valence-corrected chi connectivity index (χ1v) is 6.27. The van der Waals surface area contributed by atoms with Gasteiger partial charge >= 0.3 is 5.97 Å². The zero-order valence-corrected chi connectivity index (χ0v) is 10.9. The van der Waals surface area contributed by atoms with E-state index in [1.165, 1.54) is 7.11 Å². The highest BCUT2D eigenvalue weighted by atomic mass is 16.5. The molecular weight excluding hydrogens is 242 g/mol. The van der Waals surface area contributed by atoms with Crippen molar-refractivity contribution in [1.29, 1.82) is 0 Å². The van der Waals surface area contributed by atoms with E-state index in [1.807, 2.05) is 0 Å². The number of aliphatic hydroxyl groups is 1. The van der Waals surface area contributed by atoms with Crippen LogP contribution in [0.5, 0.6) is 0 Å². The van der Waals surface area contributed by atoms with Gasteiger partial charge < -0.3 is 15.6 Å². The number of esters is 1. The van der Waals surface area contributed by atoms with Gasteiger partial charge in [0.1, 0.15) is 5.60 Å². The van der Waals surface area contributed by atoms with Gasteiger partial charge in [0.15, 0.2) is 0 Å². The molecule has 3 N–H and O–H groups in total. The number of methoxy groups -OCH3 is 1. The third-order valence-electron chi connectivity index (χ3n) is 3.33. The summed E-state index contributed by atoms with van der Waals surface area (Å²) in [4.78, 5) is 11.4. The lowest BCUT2D eigenvalue weighted by molar-refractivity contribution is 0.0600. The van der Waals surface area contributed by atoms with E-state index in [2.05, 4.69) is 16.6 Å². The average Bonchev–Trinajstić information content (AvgIpc) is 2.84. The van der Waals surface area contributed by atoms with Gasteiger partial charge in [-0.3, -0.25) is 0 Å². The molecule has 0 aliphatic heterocycles. The zero-order valence-electron chi connectivity index (χ0n) is 10.9. The molecule has 0 amide bonds. The minimum absolute atomic E-state index is 0.402. The van der Waals surface area contributed by atoms with Gasteiger partial charge in [0.2, 0.25) is 0 Å². The first-order valence-electron chi connectivity index (χ1n) is 6.27. The second-order valence-corrected chi connectivity index (χ2v) is 4.78. The summed E-state index contributed by atoms with van der Waals surface area (Å²) >= 11 is 0. The summed E-state index contributed by atoms with van der Waals surface area (Å²) in [5, 5.41) is 10.2.